The Morgan fingerprint density at radius 2 is 1.83 bits per heavy atom. The molecule has 0 fully saturated rings. The number of aliphatic hydroxyl groups is 1. The highest BCUT2D eigenvalue weighted by Gasteiger charge is 2.39. The number of pyridine rings is 1. The average molecular weight is 509 g/mol. The number of ether oxygens (including phenoxy) is 1. The SMILES string of the molecule is Cc1nc2c(OCc3c(F)cccc3F)cccn2c1C(=O)Nc1c(C(F)(F)F)nn(CCO)c1C. The fraction of sp³-hybridized carbons (Fsp3) is 0.261. The quantitative estimate of drug-likeness (QED) is 0.363. The van der Waals surface area contributed by atoms with Crippen LogP contribution in [0.25, 0.3) is 5.65 Å². The van der Waals surface area contributed by atoms with Crippen LogP contribution in [0.4, 0.5) is 27.6 Å². The van der Waals surface area contributed by atoms with Gasteiger partial charge in [-0.05, 0) is 38.1 Å². The van der Waals surface area contributed by atoms with Gasteiger partial charge in [0.15, 0.2) is 17.1 Å². The van der Waals surface area contributed by atoms with E-state index in [4.69, 9.17) is 9.84 Å². The Bertz CT molecular complexity index is 1420. The number of anilines is 1. The third-order valence-corrected chi connectivity index (χ3v) is 5.46. The van der Waals surface area contributed by atoms with Crippen molar-refractivity contribution in [1.29, 1.82) is 0 Å². The van der Waals surface area contributed by atoms with Crippen LogP contribution in [0, 0.1) is 25.5 Å². The molecule has 0 aliphatic rings. The van der Waals surface area contributed by atoms with Crippen LogP contribution in [0.15, 0.2) is 36.5 Å². The molecule has 4 rings (SSSR count). The lowest BCUT2D eigenvalue weighted by atomic mass is 10.2. The molecular formula is C23H20F5N5O3. The summed E-state index contributed by atoms with van der Waals surface area (Å²) in [6, 6.07) is 6.36. The molecule has 0 atom stereocenters. The van der Waals surface area contributed by atoms with E-state index in [1.54, 1.807) is 0 Å². The number of aliphatic hydroxyl groups excluding tert-OH is 1. The van der Waals surface area contributed by atoms with Gasteiger partial charge in [-0.3, -0.25) is 13.9 Å². The number of alkyl halides is 3. The van der Waals surface area contributed by atoms with Gasteiger partial charge in [0, 0.05) is 6.20 Å². The second-order valence-electron chi connectivity index (χ2n) is 7.81. The maximum Gasteiger partial charge on any atom is 0.437 e. The van der Waals surface area contributed by atoms with E-state index in [0.29, 0.717) is 0 Å². The first-order chi connectivity index (χ1) is 17.0. The molecule has 0 saturated heterocycles. The Kier molecular flexibility index (Phi) is 6.67. The number of nitrogens with one attached hydrogen (secondary N) is 1. The van der Waals surface area contributed by atoms with Crippen molar-refractivity contribution in [2.45, 2.75) is 33.2 Å². The molecule has 0 aliphatic heterocycles. The van der Waals surface area contributed by atoms with E-state index < -0.39 is 48.3 Å². The minimum Gasteiger partial charge on any atom is -0.485 e. The first-order valence-corrected chi connectivity index (χ1v) is 10.6. The largest absolute Gasteiger partial charge is 0.485 e. The van der Waals surface area contributed by atoms with Crippen molar-refractivity contribution in [3.8, 4) is 5.75 Å². The van der Waals surface area contributed by atoms with Crippen molar-refractivity contribution in [1.82, 2.24) is 19.2 Å². The molecule has 1 aromatic carbocycles. The van der Waals surface area contributed by atoms with Gasteiger partial charge in [0.05, 0.1) is 35.8 Å². The summed E-state index contributed by atoms with van der Waals surface area (Å²) in [7, 11) is 0. The van der Waals surface area contributed by atoms with E-state index in [9.17, 15) is 26.7 Å². The molecule has 0 aliphatic carbocycles. The molecule has 0 unspecified atom stereocenters. The Morgan fingerprint density at radius 3 is 2.47 bits per heavy atom. The average Bonchev–Trinajstić information content (AvgIpc) is 3.30. The molecular weight excluding hydrogens is 489 g/mol. The maximum absolute atomic E-state index is 14.0. The Labute approximate surface area is 200 Å². The van der Waals surface area contributed by atoms with Gasteiger partial charge >= 0.3 is 6.18 Å². The van der Waals surface area contributed by atoms with Crippen molar-refractivity contribution < 1.29 is 36.6 Å². The summed E-state index contributed by atoms with van der Waals surface area (Å²) in [5.74, 6) is -2.38. The molecule has 3 aromatic heterocycles. The second-order valence-corrected chi connectivity index (χ2v) is 7.81. The molecule has 2 N–H and O–H groups in total. The molecule has 0 spiro atoms. The van der Waals surface area contributed by atoms with E-state index >= 15 is 0 Å². The number of aromatic nitrogens is 4. The van der Waals surface area contributed by atoms with E-state index in [1.807, 2.05) is 0 Å². The number of imidazole rings is 1. The van der Waals surface area contributed by atoms with E-state index in [0.717, 1.165) is 16.8 Å². The van der Waals surface area contributed by atoms with Crippen LogP contribution in [0.2, 0.25) is 0 Å². The number of aryl methyl sites for hydroxylation is 1. The van der Waals surface area contributed by atoms with Crippen molar-refractivity contribution in [2.24, 2.45) is 0 Å². The fourth-order valence-corrected chi connectivity index (χ4v) is 3.74. The number of benzene rings is 1. The van der Waals surface area contributed by atoms with Crippen molar-refractivity contribution in [3.63, 3.8) is 0 Å². The minimum atomic E-state index is -4.86. The third-order valence-electron chi connectivity index (χ3n) is 5.46. The number of carbonyl (C=O) groups is 1. The second kappa shape index (κ2) is 9.57. The maximum atomic E-state index is 14.0. The topological polar surface area (TPSA) is 93.7 Å². The van der Waals surface area contributed by atoms with Crippen LogP contribution in [-0.4, -0.2) is 36.8 Å². The van der Waals surface area contributed by atoms with Crippen molar-refractivity contribution in [2.75, 3.05) is 11.9 Å². The van der Waals surface area contributed by atoms with Gasteiger partial charge in [-0.15, -0.1) is 0 Å². The molecule has 1 amide bonds. The number of hydrogen-bond donors (Lipinski definition) is 2. The number of carbonyl (C=O) groups excluding carboxylic acids is 1. The summed E-state index contributed by atoms with van der Waals surface area (Å²) in [4.78, 5) is 17.4. The standard InChI is InChI=1S/C23H20F5N5O3/c1-12-19(22(35)30-18-13(2)33(9-10-34)31-20(18)23(26,27)28)32-8-4-7-17(21(32)29-12)36-11-14-15(24)5-3-6-16(14)25/h3-8,34H,9-11H2,1-2H3,(H,30,35). The number of halogens is 5. The summed E-state index contributed by atoms with van der Waals surface area (Å²) in [6.45, 7) is 1.73. The highest BCUT2D eigenvalue weighted by atomic mass is 19.4. The van der Waals surface area contributed by atoms with E-state index in [2.05, 4.69) is 15.4 Å². The van der Waals surface area contributed by atoms with Gasteiger partial charge < -0.3 is 15.2 Å². The number of amides is 1. The third kappa shape index (κ3) is 4.61. The first-order valence-electron chi connectivity index (χ1n) is 10.6. The predicted molar refractivity (Wildman–Crippen MR) is 118 cm³/mol. The Hall–Kier alpha value is -4.00. The Morgan fingerprint density at radius 1 is 1.14 bits per heavy atom. The lowest BCUT2D eigenvalue weighted by Gasteiger charge is -2.11. The zero-order chi connectivity index (χ0) is 26.2. The van der Waals surface area contributed by atoms with Gasteiger partial charge in [0.25, 0.3) is 5.91 Å². The van der Waals surface area contributed by atoms with Crippen LogP contribution < -0.4 is 10.1 Å². The van der Waals surface area contributed by atoms with Crippen LogP contribution in [0.1, 0.15) is 33.1 Å². The molecule has 4 aromatic rings. The van der Waals surface area contributed by atoms with Crippen LogP contribution in [0.5, 0.6) is 5.75 Å². The number of fused-ring (bicyclic) bond motifs is 1. The monoisotopic (exact) mass is 509 g/mol. The molecule has 13 heteroatoms. The molecule has 36 heavy (non-hydrogen) atoms. The normalized spacial score (nSPS) is 11.8. The lowest BCUT2D eigenvalue weighted by molar-refractivity contribution is -0.140. The molecule has 0 saturated carbocycles. The Balaban J connectivity index is 1.68. The number of nitrogens with zero attached hydrogens (tertiary/aromatic N) is 4. The van der Waals surface area contributed by atoms with Crippen LogP contribution in [-0.2, 0) is 19.3 Å². The summed E-state index contributed by atoms with van der Waals surface area (Å²) >= 11 is 0. The summed E-state index contributed by atoms with van der Waals surface area (Å²) in [5, 5.41) is 14.9. The molecule has 0 bridgehead atoms. The lowest BCUT2D eigenvalue weighted by Crippen LogP contribution is -2.19. The minimum absolute atomic E-state index is 0.00661. The summed E-state index contributed by atoms with van der Waals surface area (Å²) in [6.07, 6.45) is -3.40. The van der Waals surface area contributed by atoms with E-state index in [1.165, 1.54) is 42.6 Å². The van der Waals surface area contributed by atoms with Gasteiger partial charge in [-0.25, -0.2) is 13.8 Å². The van der Waals surface area contributed by atoms with Crippen LogP contribution in [0.3, 0.4) is 0 Å². The zero-order valence-electron chi connectivity index (χ0n) is 19.0. The van der Waals surface area contributed by atoms with Crippen molar-refractivity contribution >= 4 is 17.2 Å². The summed E-state index contributed by atoms with van der Waals surface area (Å²) in [5.41, 5.74) is -1.91. The van der Waals surface area contributed by atoms with Gasteiger partial charge in [0.1, 0.15) is 23.9 Å². The summed E-state index contributed by atoms with van der Waals surface area (Å²) < 4.78 is 76.4. The van der Waals surface area contributed by atoms with Crippen LogP contribution >= 0.6 is 0 Å². The first kappa shape index (κ1) is 25.1. The molecule has 0 radical (unpaired) electrons. The van der Waals surface area contributed by atoms with Crippen molar-refractivity contribution in [3.05, 3.63) is 76.5 Å². The van der Waals surface area contributed by atoms with Gasteiger partial charge in [0.2, 0.25) is 0 Å². The molecule has 8 nitrogen and oxygen atoms in total. The highest BCUT2D eigenvalue weighted by molar-refractivity contribution is 6.05. The van der Waals surface area contributed by atoms with E-state index in [-0.39, 0.29) is 40.6 Å². The number of rotatable bonds is 7. The smallest absolute Gasteiger partial charge is 0.437 e. The highest BCUT2D eigenvalue weighted by Crippen LogP contribution is 2.36. The van der Waals surface area contributed by atoms with Gasteiger partial charge in [-0.2, -0.15) is 18.3 Å². The van der Waals surface area contributed by atoms with Gasteiger partial charge in [-0.1, -0.05) is 6.07 Å². The fourth-order valence-electron chi connectivity index (χ4n) is 3.74. The predicted octanol–water partition coefficient (Wildman–Crippen LogP) is 4.27. The number of hydrogen-bond acceptors (Lipinski definition) is 5. The molecule has 3 heterocycles. The molecule has 190 valence electrons. The zero-order valence-corrected chi connectivity index (χ0v) is 19.0.